The summed E-state index contributed by atoms with van der Waals surface area (Å²) in [6, 6.07) is 0.291. The van der Waals surface area contributed by atoms with E-state index in [4.69, 9.17) is 4.74 Å². The van der Waals surface area contributed by atoms with Crippen molar-refractivity contribution in [1.29, 1.82) is 0 Å². The third-order valence-electron chi connectivity index (χ3n) is 5.21. The molecule has 7 heteroatoms. The quantitative estimate of drug-likeness (QED) is 0.429. The molecule has 7 nitrogen and oxygen atoms in total. The first-order valence-corrected chi connectivity index (χ1v) is 10.1. The van der Waals surface area contributed by atoms with E-state index in [1.165, 1.54) is 11.3 Å². The molecule has 1 aliphatic rings. The molecular formula is C20H38N6O. The molecule has 0 amide bonds. The molecule has 2 N–H and O–H groups in total. The predicted molar refractivity (Wildman–Crippen MR) is 111 cm³/mol. The summed E-state index contributed by atoms with van der Waals surface area (Å²) < 4.78 is 7.75. The Morgan fingerprint density at radius 2 is 1.96 bits per heavy atom. The number of aryl methyl sites for hydroxylation is 2. The van der Waals surface area contributed by atoms with Gasteiger partial charge in [-0.3, -0.25) is 14.6 Å². The minimum Gasteiger partial charge on any atom is -0.373 e. The van der Waals surface area contributed by atoms with Crippen molar-refractivity contribution in [1.82, 2.24) is 25.3 Å². The third-order valence-corrected chi connectivity index (χ3v) is 5.21. The first-order chi connectivity index (χ1) is 12.8. The molecule has 0 saturated carbocycles. The number of hydrogen-bond donors (Lipinski definition) is 2. The summed E-state index contributed by atoms with van der Waals surface area (Å²) in [6.45, 7) is 14.8. The highest BCUT2D eigenvalue weighted by atomic mass is 16.5. The van der Waals surface area contributed by atoms with Crippen molar-refractivity contribution in [3.05, 3.63) is 17.0 Å². The summed E-state index contributed by atoms with van der Waals surface area (Å²) in [5, 5.41) is 11.5. The van der Waals surface area contributed by atoms with Crippen molar-refractivity contribution in [3.8, 4) is 0 Å². The lowest BCUT2D eigenvalue weighted by atomic mass is 10.1. The van der Waals surface area contributed by atoms with E-state index in [0.717, 1.165) is 50.7 Å². The van der Waals surface area contributed by atoms with Crippen LogP contribution in [0, 0.1) is 13.8 Å². The molecule has 1 saturated heterocycles. The van der Waals surface area contributed by atoms with E-state index in [2.05, 4.69) is 60.2 Å². The molecule has 2 rings (SSSR count). The summed E-state index contributed by atoms with van der Waals surface area (Å²) in [5.74, 6) is 0.866. The molecule has 0 spiro atoms. The maximum atomic E-state index is 5.80. The molecule has 0 bridgehead atoms. The average molecular weight is 379 g/mol. The summed E-state index contributed by atoms with van der Waals surface area (Å²) >= 11 is 0. The number of ether oxygens (including phenoxy) is 1. The number of aliphatic imine (C=N–C) groups is 1. The molecule has 0 aliphatic carbocycles. The fraction of sp³-hybridized carbons (Fsp3) is 0.800. The Bertz CT molecular complexity index is 616. The first kappa shape index (κ1) is 21.7. The molecule has 1 aromatic heterocycles. The zero-order valence-electron chi connectivity index (χ0n) is 18.2. The zero-order chi connectivity index (χ0) is 20.0. The van der Waals surface area contributed by atoms with E-state index >= 15 is 0 Å². The lowest BCUT2D eigenvalue weighted by Crippen LogP contribution is -2.47. The lowest BCUT2D eigenvalue weighted by molar-refractivity contribution is -0.0679. The minimum absolute atomic E-state index is 0.291. The molecule has 1 fully saturated rings. The van der Waals surface area contributed by atoms with Gasteiger partial charge in [-0.25, -0.2) is 0 Å². The molecule has 3 unspecified atom stereocenters. The molecule has 3 atom stereocenters. The number of guanidine groups is 1. The molecule has 1 aliphatic heterocycles. The number of morpholine rings is 1. The zero-order valence-corrected chi connectivity index (χ0v) is 18.2. The van der Waals surface area contributed by atoms with Gasteiger partial charge < -0.3 is 15.4 Å². The maximum absolute atomic E-state index is 5.80. The summed E-state index contributed by atoms with van der Waals surface area (Å²) in [4.78, 5) is 6.86. The Labute approximate surface area is 164 Å². The smallest absolute Gasteiger partial charge is 0.191 e. The van der Waals surface area contributed by atoms with Crippen LogP contribution in [-0.2, 0) is 18.2 Å². The van der Waals surface area contributed by atoms with Gasteiger partial charge in [0.15, 0.2) is 5.96 Å². The van der Waals surface area contributed by atoms with Crippen LogP contribution in [0.5, 0.6) is 0 Å². The van der Waals surface area contributed by atoms with Gasteiger partial charge in [-0.2, -0.15) is 5.10 Å². The largest absolute Gasteiger partial charge is 0.373 e. The van der Waals surface area contributed by atoms with Gasteiger partial charge in [-0.15, -0.1) is 0 Å². The van der Waals surface area contributed by atoms with Crippen molar-refractivity contribution in [2.24, 2.45) is 12.0 Å². The van der Waals surface area contributed by atoms with E-state index in [9.17, 15) is 0 Å². The van der Waals surface area contributed by atoms with E-state index in [0.29, 0.717) is 18.2 Å². The van der Waals surface area contributed by atoms with Gasteiger partial charge >= 0.3 is 0 Å². The van der Waals surface area contributed by atoms with Gasteiger partial charge in [-0.1, -0.05) is 0 Å². The van der Waals surface area contributed by atoms with Gasteiger partial charge in [0.1, 0.15) is 0 Å². The van der Waals surface area contributed by atoms with Crippen LogP contribution < -0.4 is 10.6 Å². The van der Waals surface area contributed by atoms with Crippen LogP contribution in [0.25, 0.3) is 0 Å². The van der Waals surface area contributed by atoms with Crippen LogP contribution >= 0.6 is 0 Å². The SMILES string of the molecule is CN=C(NCCCN1CC(C)OC(C)C1)NC(C)Cc1c(C)nn(C)c1C. The Kier molecular flexibility index (Phi) is 8.10. The normalized spacial score (nSPS) is 22.7. The average Bonchev–Trinajstić information content (AvgIpc) is 2.83. The highest BCUT2D eigenvalue weighted by Gasteiger charge is 2.21. The van der Waals surface area contributed by atoms with Crippen LogP contribution in [-0.4, -0.2) is 72.1 Å². The van der Waals surface area contributed by atoms with Crippen LogP contribution in [0.2, 0.25) is 0 Å². The Morgan fingerprint density at radius 1 is 1.30 bits per heavy atom. The molecule has 0 radical (unpaired) electrons. The van der Waals surface area contributed by atoms with Gasteiger partial charge in [0, 0.05) is 52.0 Å². The first-order valence-electron chi connectivity index (χ1n) is 10.1. The molecular weight excluding hydrogens is 340 g/mol. The lowest BCUT2D eigenvalue weighted by Gasteiger charge is -2.35. The van der Waals surface area contributed by atoms with Gasteiger partial charge in [0.2, 0.25) is 0 Å². The van der Waals surface area contributed by atoms with Crippen LogP contribution in [0.1, 0.15) is 44.1 Å². The second kappa shape index (κ2) is 10.1. The maximum Gasteiger partial charge on any atom is 0.191 e. The van der Waals surface area contributed by atoms with Crippen molar-refractivity contribution in [3.63, 3.8) is 0 Å². The van der Waals surface area contributed by atoms with E-state index < -0.39 is 0 Å². The third kappa shape index (κ3) is 6.50. The fourth-order valence-electron chi connectivity index (χ4n) is 3.87. The van der Waals surface area contributed by atoms with Crippen molar-refractivity contribution in [2.75, 3.05) is 33.2 Å². The molecule has 1 aromatic rings. The molecule has 2 heterocycles. The van der Waals surface area contributed by atoms with Crippen molar-refractivity contribution >= 4 is 5.96 Å². The Morgan fingerprint density at radius 3 is 2.52 bits per heavy atom. The van der Waals surface area contributed by atoms with Gasteiger partial charge in [0.05, 0.1) is 17.9 Å². The minimum atomic E-state index is 0.291. The highest BCUT2D eigenvalue weighted by molar-refractivity contribution is 5.79. The summed E-state index contributed by atoms with van der Waals surface area (Å²) in [6.07, 6.45) is 2.69. The summed E-state index contributed by atoms with van der Waals surface area (Å²) in [7, 11) is 3.83. The van der Waals surface area contributed by atoms with E-state index in [-0.39, 0.29) is 0 Å². The summed E-state index contributed by atoms with van der Waals surface area (Å²) in [5.41, 5.74) is 3.67. The number of nitrogens with one attached hydrogen (secondary N) is 2. The van der Waals surface area contributed by atoms with Crippen LogP contribution in [0.4, 0.5) is 0 Å². The van der Waals surface area contributed by atoms with E-state index in [1.807, 2.05) is 18.8 Å². The Balaban J connectivity index is 1.72. The molecule has 0 aromatic carbocycles. The molecule has 27 heavy (non-hydrogen) atoms. The number of aromatic nitrogens is 2. The van der Waals surface area contributed by atoms with Crippen molar-refractivity contribution in [2.45, 2.75) is 65.7 Å². The fourth-order valence-corrected chi connectivity index (χ4v) is 3.87. The topological polar surface area (TPSA) is 66.7 Å². The van der Waals surface area contributed by atoms with Crippen LogP contribution in [0.15, 0.2) is 4.99 Å². The number of nitrogens with zero attached hydrogens (tertiary/aromatic N) is 4. The second-order valence-corrected chi connectivity index (χ2v) is 7.89. The molecule has 154 valence electrons. The monoisotopic (exact) mass is 378 g/mol. The second-order valence-electron chi connectivity index (χ2n) is 7.89. The van der Waals surface area contributed by atoms with Gasteiger partial charge in [-0.05, 0) is 53.0 Å². The Hall–Kier alpha value is -1.60. The standard InChI is InChI=1S/C20H38N6O/c1-14(11-19-17(4)24-25(7)18(19)5)23-20(21-6)22-9-8-10-26-12-15(2)27-16(3)13-26/h14-16H,8-13H2,1-7H3,(H2,21,22,23). The number of rotatable bonds is 7. The number of hydrogen-bond acceptors (Lipinski definition) is 4. The highest BCUT2D eigenvalue weighted by Crippen LogP contribution is 2.14. The van der Waals surface area contributed by atoms with Crippen LogP contribution in [0.3, 0.4) is 0 Å². The van der Waals surface area contributed by atoms with Gasteiger partial charge in [0.25, 0.3) is 0 Å². The predicted octanol–water partition coefficient (Wildman–Crippen LogP) is 1.63. The van der Waals surface area contributed by atoms with E-state index in [1.54, 1.807) is 0 Å². The van der Waals surface area contributed by atoms with Crippen molar-refractivity contribution < 1.29 is 4.74 Å².